The molecule has 0 spiro atoms. The number of nitrogens with one attached hydrogen (secondary N) is 1. The standard InChI is InChI=1S/C15H15NO4S/c1-10-9-13(18)5-8-15(10)16-21(19,20)14-6-3-12(4-7-14)11(2)17/h3-9,16,18H,1-2H3. The van der Waals surface area contributed by atoms with E-state index in [0.29, 0.717) is 16.8 Å². The van der Waals surface area contributed by atoms with Crippen molar-refractivity contribution in [1.29, 1.82) is 0 Å². The number of sulfonamides is 1. The topological polar surface area (TPSA) is 83.5 Å². The monoisotopic (exact) mass is 305 g/mol. The number of hydrogen-bond acceptors (Lipinski definition) is 4. The fraction of sp³-hybridized carbons (Fsp3) is 0.133. The quantitative estimate of drug-likeness (QED) is 0.672. The highest BCUT2D eigenvalue weighted by molar-refractivity contribution is 7.92. The van der Waals surface area contributed by atoms with E-state index in [2.05, 4.69) is 4.72 Å². The number of rotatable bonds is 4. The van der Waals surface area contributed by atoms with Crippen molar-refractivity contribution in [3.05, 3.63) is 53.6 Å². The highest BCUT2D eigenvalue weighted by atomic mass is 32.2. The van der Waals surface area contributed by atoms with Gasteiger partial charge in [-0.25, -0.2) is 8.42 Å². The third-order valence-corrected chi connectivity index (χ3v) is 4.41. The second kappa shape index (κ2) is 5.57. The molecule has 0 bridgehead atoms. The molecule has 0 aliphatic rings. The SMILES string of the molecule is CC(=O)c1ccc(S(=O)(=O)Nc2ccc(O)cc2C)cc1. The van der Waals surface area contributed by atoms with Crippen LogP contribution in [0.1, 0.15) is 22.8 Å². The number of phenolic OH excluding ortho intramolecular Hbond substituents is 1. The maximum atomic E-state index is 12.3. The fourth-order valence-electron chi connectivity index (χ4n) is 1.83. The Bertz CT molecular complexity index is 780. The molecule has 0 aromatic heterocycles. The minimum Gasteiger partial charge on any atom is -0.508 e. The largest absolute Gasteiger partial charge is 0.508 e. The molecular formula is C15H15NO4S. The zero-order chi connectivity index (χ0) is 15.6. The number of carbonyl (C=O) groups is 1. The van der Waals surface area contributed by atoms with Gasteiger partial charge < -0.3 is 5.11 Å². The van der Waals surface area contributed by atoms with Gasteiger partial charge in [0.05, 0.1) is 10.6 Å². The number of aromatic hydroxyl groups is 1. The Kier molecular flexibility index (Phi) is 3.99. The van der Waals surface area contributed by atoms with Crippen molar-refractivity contribution in [1.82, 2.24) is 0 Å². The summed E-state index contributed by atoms with van der Waals surface area (Å²) in [5, 5.41) is 9.33. The van der Waals surface area contributed by atoms with Crippen LogP contribution in [0.2, 0.25) is 0 Å². The van der Waals surface area contributed by atoms with Crippen LogP contribution in [0.3, 0.4) is 0 Å². The molecule has 0 amide bonds. The summed E-state index contributed by atoms with van der Waals surface area (Å²) >= 11 is 0. The molecule has 110 valence electrons. The van der Waals surface area contributed by atoms with Crippen LogP contribution in [-0.4, -0.2) is 19.3 Å². The highest BCUT2D eigenvalue weighted by Gasteiger charge is 2.15. The Labute approximate surface area is 123 Å². The molecule has 0 atom stereocenters. The van der Waals surface area contributed by atoms with E-state index in [1.807, 2.05) is 0 Å². The first kappa shape index (κ1) is 15.1. The second-order valence-corrected chi connectivity index (χ2v) is 6.37. The smallest absolute Gasteiger partial charge is 0.261 e. The molecule has 0 aliphatic heterocycles. The zero-order valence-corrected chi connectivity index (χ0v) is 12.4. The molecule has 0 fully saturated rings. The average molecular weight is 305 g/mol. The van der Waals surface area contributed by atoms with Crippen LogP contribution in [0.25, 0.3) is 0 Å². The van der Waals surface area contributed by atoms with Crippen LogP contribution in [0, 0.1) is 6.92 Å². The van der Waals surface area contributed by atoms with Gasteiger partial charge in [0, 0.05) is 5.56 Å². The Morgan fingerprint density at radius 1 is 1.10 bits per heavy atom. The lowest BCUT2D eigenvalue weighted by atomic mass is 10.2. The van der Waals surface area contributed by atoms with Crippen LogP contribution in [0.15, 0.2) is 47.4 Å². The summed E-state index contributed by atoms with van der Waals surface area (Å²) in [5.74, 6) is -0.0532. The van der Waals surface area contributed by atoms with Gasteiger partial charge in [0.25, 0.3) is 10.0 Å². The van der Waals surface area contributed by atoms with E-state index in [1.54, 1.807) is 6.92 Å². The summed E-state index contributed by atoms with van der Waals surface area (Å²) in [6.45, 7) is 3.11. The summed E-state index contributed by atoms with van der Waals surface area (Å²) in [7, 11) is -3.73. The first-order chi connectivity index (χ1) is 9.79. The summed E-state index contributed by atoms with van der Waals surface area (Å²) in [6.07, 6.45) is 0. The van der Waals surface area contributed by atoms with Gasteiger partial charge in [-0.3, -0.25) is 9.52 Å². The molecule has 21 heavy (non-hydrogen) atoms. The number of Topliss-reactive ketones (excluding diaryl/α,β-unsaturated/α-hetero) is 1. The molecule has 2 aromatic carbocycles. The highest BCUT2D eigenvalue weighted by Crippen LogP contribution is 2.23. The van der Waals surface area contributed by atoms with Crippen molar-refractivity contribution >= 4 is 21.5 Å². The molecule has 0 aliphatic carbocycles. The summed E-state index contributed by atoms with van der Waals surface area (Å²) in [6, 6.07) is 10.1. The predicted octanol–water partition coefficient (Wildman–Crippen LogP) is 2.70. The number of carbonyl (C=O) groups excluding carboxylic acids is 1. The average Bonchev–Trinajstić information content (AvgIpc) is 2.42. The van der Waals surface area contributed by atoms with Gasteiger partial charge in [-0.2, -0.15) is 0 Å². The Balaban J connectivity index is 2.31. The number of ketones is 1. The molecule has 6 heteroatoms. The zero-order valence-electron chi connectivity index (χ0n) is 11.6. The fourth-order valence-corrected chi connectivity index (χ4v) is 2.97. The normalized spacial score (nSPS) is 11.1. The Morgan fingerprint density at radius 3 is 2.24 bits per heavy atom. The van der Waals surface area contributed by atoms with Gasteiger partial charge in [0.2, 0.25) is 0 Å². The van der Waals surface area contributed by atoms with Crippen molar-refractivity contribution in [3.8, 4) is 5.75 Å². The van der Waals surface area contributed by atoms with Crippen LogP contribution in [0.4, 0.5) is 5.69 Å². The number of anilines is 1. The first-order valence-corrected chi connectivity index (χ1v) is 7.71. The molecule has 0 radical (unpaired) electrons. The van der Waals surface area contributed by atoms with Gasteiger partial charge in [-0.1, -0.05) is 12.1 Å². The summed E-state index contributed by atoms with van der Waals surface area (Å²) in [5.41, 5.74) is 1.46. The number of hydrogen-bond donors (Lipinski definition) is 2. The van der Waals surface area contributed by atoms with E-state index in [1.165, 1.54) is 49.4 Å². The van der Waals surface area contributed by atoms with Crippen LogP contribution >= 0.6 is 0 Å². The lowest BCUT2D eigenvalue weighted by Crippen LogP contribution is -2.13. The Morgan fingerprint density at radius 2 is 1.71 bits per heavy atom. The Hall–Kier alpha value is -2.34. The van der Waals surface area contributed by atoms with Gasteiger partial charge in [-0.15, -0.1) is 0 Å². The van der Waals surface area contributed by atoms with Gasteiger partial charge in [0.1, 0.15) is 5.75 Å². The van der Waals surface area contributed by atoms with Crippen molar-refractivity contribution in [2.45, 2.75) is 18.7 Å². The van der Waals surface area contributed by atoms with E-state index >= 15 is 0 Å². The third kappa shape index (κ3) is 3.41. The van der Waals surface area contributed by atoms with Crippen LogP contribution in [0.5, 0.6) is 5.75 Å². The number of benzene rings is 2. The molecule has 0 heterocycles. The summed E-state index contributed by atoms with van der Waals surface area (Å²) < 4.78 is 27.0. The van der Waals surface area contributed by atoms with Gasteiger partial charge in [0.15, 0.2) is 5.78 Å². The van der Waals surface area contributed by atoms with Crippen LogP contribution in [-0.2, 0) is 10.0 Å². The lowest BCUT2D eigenvalue weighted by Gasteiger charge is -2.11. The lowest BCUT2D eigenvalue weighted by molar-refractivity contribution is 0.101. The third-order valence-electron chi connectivity index (χ3n) is 3.03. The van der Waals surface area contributed by atoms with E-state index in [-0.39, 0.29) is 16.4 Å². The molecule has 0 unspecified atom stereocenters. The molecule has 5 nitrogen and oxygen atoms in total. The van der Waals surface area contributed by atoms with Crippen molar-refractivity contribution < 1.29 is 18.3 Å². The van der Waals surface area contributed by atoms with Gasteiger partial charge in [-0.05, 0) is 49.7 Å². The number of aryl methyl sites for hydroxylation is 1. The summed E-state index contributed by atoms with van der Waals surface area (Å²) in [4.78, 5) is 11.3. The van der Waals surface area contributed by atoms with E-state index in [9.17, 15) is 18.3 Å². The van der Waals surface area contributed by atoms with Crippen LogP contribution < -0.4 is 4.72 Å². The molecule has 2 N–H and O–H groups in total. The van der Waals surface area contributed by atoms with Crippen molar-refractivity contribution in [3.63, 3.8) is 0 Å². The van der Waals surface area contributed by atoms with E-state index in [4.69, 9.17) is 0 Å². The molecule has 0 saturated carbocycles. The minimum atomic E-state index is -3.73. The number of phenols is 1. The predicted molar refractivity (Wildman–Crippen MR) is 80.1 cm³/mol. The molecule has 2 rings (SSSR count). The van der Waals surface area contributed by atoms with Crippen molar-refractivity contribution in [2.75, 3.05) is 4.72 Å². The molecule has 0 saturated heterocycles. The maximum absolute atomic E-state index is 12.3. The van der Waals surface area contributed by atoms with E-state index < -0.39 is 10.0 Å². The van der Waals surface area contributed by atoms with Crippen molar-refractivity contribution in [2.24, 2.45) is 0 Å². The van der Waals surface area contributed by atoms with E-state index in [0.717, 1.165) is 0 Å². The van der Waals surface area contributed by atoms with Gasteiger partial charge >= 0.3 is 0 Å². The maximum Gasteiger partial charge on any atom is 0.261 e. The molecule has 2 aromatic rings. The first-order valence-electron chi connectivity index (χ1n) is 6.23. The molecular weight excluding hydrogens is 290 g/mol. The minimum absolute atomic E-state index is 0.0694. The second-order valence-electron chi connectivity index (χ2n) is 4.69.